The van der Waals surface area contributed by atoms with Gasteiger partial charge in [-0.2, -0.15) is 0 Å². The van der Waals surface area contributed by atoms with E-state index >= 15 is 0 Å². The number of anilines is 6. The van der Waals surface area contributed by atoms with Gasteiger partial charge in [-0.1, -0.05) is 129 Å². The van der Waals surface area contributed by atoms with Gasteiger partial charge in [-0.3, -0.25) is 19.2 Å². The van der Waals surface area contributed by atoms with Crippen molar-refractivity contribution in [2.45, 2.75) is 130 Å². The molecule has 6 amide bonds. The maximum atomic E-state index is 13.9. The molecule has 2 saturated carbocycles. The summed E-state index contributed by atoms with van der Waals surface area (Å²) in [6.45, 7) is 11.2. The van der Waals surface area contributed by atoms with Gasteiger partial charge in [0, 0.05) is 47.4 Å². The van der Waals surface area contributed by atoms with Crippen molar-refractivity contribution in [3.8, 4) is 0 Å². The van der Waals surface area contributed by atoms with E-state index in [1.807, 2.05) is 90.1 Å². The Labute approximate surface area is 480 Å². The average Bonchev–Trinajstić information content (AvgIpc) is 3.59. The zero-order valence-electron chi connectivity index (χ0n) is 45.0. The van der Waals surface area contributed by atoms with Gasteiger partial charge < -0.3 is 60.7 Å². The van der Waals surface area contributed by atoms with Crippen LogP contribution in [-0.2, 0) is 19.2 Å². The van der Waals surface area contributed by atoms with Gasteiger partial charge in [0.15, 0.2) is 11.6 Å². The number of nitrogens with zero attached hydrogens (tertiary/aromatic N) is 4. The van der Waals surface area contributed by atoms with Crippen molar-refractivity contribution in [2.75, 3.05) is 56.4 Å². The number of Topliss-reactive ketones (excluding diaryl/α,β-unsaturated/α-hetero) is 2. The molecule has 18 nitrogen and oxygen atoms in total. The number of carbonyl (C=O) groups is 8. The van der Waals surface area contributed by atoms with E-state index in [0.29, 0.717) is 11.4 Å². The minimum Gasteiger partial charge on any atom is -0.545 e. The first-order valence-corrected chi connectivity index (χ1v) is 26.3. The molecule has 4 aliphatic rings. The van der Waals surface area contributed by atoms with E-state index in [1.54, 1.807) is 12.1 Å². The summed E-state index contributed by atoms with van der Waals surface area (Å²) in [5.41, 5.74) is 2.16. The second-order valence-electron chi connectivity index (χ2n) is 22.1. The van der Waals surface area contributed by atoms with Gasteiger partial charge in [-0.25, -0.2) is 9.59 Å². The van der Waals surface area contributed by atoms with Crippen molar-refractivity contribution >= 4 is 119 Å². The van der Waals surface area contributed by atoms with E-state index < -0.39 is 46.9 Å². The summed E-state index contributed by atoms with van der Waals surface area (Å²) in [6.07, 6.45) is 10.7. The van der Waals surface area contributed by atoms with Crippen LogP contribution in [0.3, 0.4) is 0 Å². The molecule has 2 fully saturated rings. The summed E-state index contributed by atoms with van der Waals surface area (Å²) in [5.74, 6) is -3.62. The predicted octanol–water partition coefficient (Wildman–Crippen LogP) is 6.30. The molecule has 2 heterocycles. The van der Waals surface area contributed by atoms with E-state index in [-0.39, 0.29) is 122 Å². The second kappa shape index (κ2) is 26.2. The van der Waals surface area contributed by atoms with Crippen molar-refractivity contribution in [1.29, 1.82) is 0 Å². The van der Waals surface area contributed by atoms with Crippen LogP contribution in [-0.4, -0.2) is 135 Å². The van der Waals surface area contributed by atoms with Gasteiger partial charge in [-0.05, 0) is 85.3 Å². The van der Waals surface area contributed by atoms with Crippen LogP contribution in [0.2, 0.25) is 0 Å². The number of nitrogens with one attached hydrogen (secondary N) is 4. The number of fused-ring (bicyclic) bond motifs is 2. The van der Waals surface area contributed by atoms with Crippen LogP contribution in [0.15, 0.2) is 97.1 Å². The van der Waals surface area contributed by atoms with E-state index in [1.165, 1.54) is 59.0 Å². The first-order valence-electron chi connectivity index (χ1n) is 26.3. The van der Waals surface area contributed by atoms with Crippen LogP contribution in [0, 0.1) is 10.8 Å². The maximum absolute atomic E-state index is 13.9. The molecule has 1 unspecified atom stereocenters. The molecule has 4 aromatic rings. The molecule has 4 aromatic carbocycles. The molecular formula is C58H70CaN8O10. The fourth-order valence-electron chi connectivity index (χ4n) is 10.1. The molecule has 0 aromatic heterocycles. The molecule has 2 aliphatic heterocycles. The molecule has 404 valence electrons. The molecule has 0 saturated heterocycles. The number of rotatable bonds is 12. The van der Waals surface area contributed by atoms with Gasteiger partial charge in [0.1, 0.15) is 12.1 Å². The summed E-state index contributed by atoms with van der Waals surface area (Å²) < 4.78 is 0. The van der Waals surface area contributed by atoms with Crippen molar-refractivity contribution in [3.63, 3.8) is 0 Å². The summed E-state index contributed by atoms with van der Waals surface area (Å²) in [6, 6.07) is 23.9. The molecular weight excluding hydrogens is 1010 g/mol. The van der Waals surface area contributed by atoms with Gasteiger partial charge in [0.2, 0.25) is 0 Å². The molecule has 0 bridgehead atoms. The summed E-state index contributed by atoms with van der Waals surface area (Å²) in [4.78, 5) is 110. The minimum absolute atomic E-state index is 0. The van der Waals surface area contributed by atoms with Crippen LogP contribution in [0.1, 0.15) is 126 Å². The Morgan fingerprint density at radius 2 is 0.831 bits per heavy atom. The standard InChI is InChI=1S/2C29H36N4O5.Ca/c2*1-29(2,3)25(34)18-33-24-15-8-7-14-23(24)32(21-12-5-4-6-13-21)17-22(26(33)35)31-28(38)30-20-11-9-10-19(16-20)27(36)37;/h2*7-11,14-16,21-22H,4-6,12-13,17-18H2,1-3H3,(H,36,37)(H2,30,31,38);/q;;+2/p-2/t22-;;/m1../s1. The van der Waals surface area contributed by atoms with Crippen LogP contribution < -0.4 is 51.1 Å². The number of hydrogen-bond acceptors (Lipinski definition) is 12. The maximum Gasteiger partial charge on any atom is 2.00 e. The van der Waals surface area contributed by atoms with Gasteiger partial charge in [0.05, 0.1) is 47.8 Å². The number of carboxylic acid groups (broad SMARTS) is 2. The second-order valence-corrected chi connectivity index (χ2v) is 22.1. The first-order chi connectivity index (χ1) is 36.1. The number of ketones is 2. The van der Waals surface area contributed by atoms with Gasteiger partial charge in [-0.15, -0.1) is 0 Å². The van der Waals surface area contributed by atoms with Crippen molar-refractivity contribution in [1.82, 2.24) is 10.6 Å². The van der Waals surface area contributed by atoms with E-state index in [9.17, 15) is 48.6 Å². The zero-order chi connectivity index (χ0) is 54.9. The fourth-order valence-corrected chi connectivity index (χ4v) is 10.1. The number of aromatic carboxylic acids is 2. The Morgan fingerprint density at radius 3 is 1.16 bits per heavy atom. The number of urea groups is 2. The third-order valence-corrected chi connectivity index (χ3v) is 14.5. The molecule has 0 spiro atoms. The first kappa shape index (κ1) is 59.7. The van der Waals surface area contributed by atoms with Crippen molar-refractivity contribution < 1.29 is 48.6 Å². The summed E-state index contributed by atoms with van der Waals surface area (Å²) >= 11 is 0. The van der Waals surface area contributed by atoms with Crippen LogP contribution in [0.25, 0.3) is 0 Å². The molecule has 4 N–H and O–H groups in total. The third kappa shape index (κ3) is 15.4. The number of carboxylic acids is 2. The number of para-hydroxylation sites is 4. The normalized spacial score (nSPS) is 18.2. The van der Waals surface area contributed by atoms with Crippen molar-refractivity contribution in [2.24, 2.45) is 10.8 Å². The van der Waals surface area contributed by atoms with Gasteiger partial charge in [0.25, 0.3) is 11.8 Å². The quantitative estimate of drug-likeness (QED) is 0.114. The number of benzene rings is 4. The zero-order valence-corrected chi connectivity index (χ0v) is 47.2. The van der Waals surface area contributed by atoms with Crippen molar-refractivity contribution in [3.05, 3.63) is 108 Å². The topological polar surface area (TPSA) is 244 Å². The van der Waals surface area contributed by atoms with E-state index in [0.717, 1.165) is 62.7 Å². The fraction of sp³-hybridized carbons (Fsp3) is 0.448. The number of hydrogen-bond donors (Lipinski definition) is 4. The number of amides is 6. The average molecular weight is 1080 g/mol. The Bertz CT molecular complexity index is 2630. The SMILES string of the molecule is CC(C)(C)C(=O)CN1C(=O)C(NC(=O)Nc2cccc(C(=O)[O-])c2)CN(C2CCCCC2)c2ccccc21.CC(C)(C)C(=O)CN1C(=O)[C@H](NC(=O)Nc2cccc(C(=O)[O-])c2)CN(C2CCCCC2)c2ccccc21.[Ca+2]. The van der Waals surface area contributed by atoms with Crippen LogP contribution in [0.5, 0.6) is 0 Å². The van der Waals surface area contributed by atoms with E-state index in [2.05, 4.69) is 31.1 Å². The monoisotopic (exact) mass is 1080 g/mol. The Kier molecular flexibility index (Phi) is 20.4. The summed E-state index contributed by atoms with van der Waals surface area (Å²) in [5, 5.41) is 33.2. The Balaban J connectivity index is 0.000000246. The smallest absolute Gasteiger partial charge is 0.545 e. The predicted molar refractivity (Wildman–Crippen MR) is 294 cm³/mol. The van der Waals surface area contributed by atoms with Gasteiger partial charge >= 0.3 is 49.8 Å². The van der Waals surface area contributed by atoms with Crippen LogP contribution >= 0.6 is 0 Å². The Morgan fingerprint density at radius 1 is 0.494 bits per heavy atom. The molecule has 8 rings (SSSR count). The molecule has 2 atom stereocenters. The molecule has 77 heavy (non-hydrogen) atoms. The third-order valence-electron chi connectivity index (χ3n) is 14.5. The molecule has 19 heteroatoms. The minimum atomic E-state index is -1.35. The Hall–Kier alpha value is -6.50. The van der Waals surface area contributed by atoms with E-state index in [4.69, 9.17) is 0 Å². The molecule has 2 aliphatic carbocycles. The summed E-state index contributed by atoms with van der Waals surface area (Å²) in [7, 11) is 0. The molecule has 0 radical (unpaired) electrons. The number of carbonyl (C=O) groups excluding carboxylic acids is 8. The largest absolute Gasteiger partial charge is 2.00 e. The van der Waals surface area contributed by atoms with Crippen LogP contribution in [0.4, 0.5) is 43.7 Å².